The lowest BCUT2D eigenvalue weighted by atomic mass is 10.1. The number of rotatable bonds is 5. The summed E-state index contributed by atoms with van der Waals surface area (Å²) in [7, 11) is 0. The van der Waals surface area contributed by atoms with Gasteiger partial charge in [0.05, 0.1) is 19.3 Å². The minimum absolute atomic E-state index is 0.252. The van der Waals surface area contributed by atoms with Crippen LogP contribution in [0, 0.1) is 12.0 Å². The molecule has 1 saturated heterocycles. The van der Waals surface area contributed by atoms with Gasteiger partial charge < -0.3 is 9.58 Å². The average Bonchev–Trinajstić information content (AvgIpc) is 2.86. The van der Waals surface area contributed by atoms with Crippen LogP contribution in [0.5, 0.6) is 0 Å². The summed E-state index contributed by atoms with van der Waals surface area (Å²) in [4.78, 5) is 6.10. The van der Waals surface area contributed by atoms with E-state index in [1.54, 1.807) is 0 Å². The lowest BCUT2D eigenvalue weighted by Crippen LogP contribution is -2.32. The standard InChI is InChI=1S/C13H22N2O/c1-11(2)16-10-13(5-6-13)9-15-7-4-12(8-15)14-3/h11-12H,4-10H2,1-2H3/t12-/m0/s1. The van der Waals surface area contributed by atoms with Crippen LogP contribution in [0.2, 0.25) is 0 Å². The third-order valence-corrected chi connectivity index (χ3v) is 3.67. The fourth-order valence-electron chi connectivity index (χ4n) is 2.40. The minimum atomic E-state index is 0.252. The summed E-state index contributed by atoms with van der Waals surface area (Å²) in [6.07, 6.45) is 4.01. The topological polar surface area (TPSA) is 16.8 Å². The number of hydrogen-bond donors (Lipinski definition) is 0. The normalized spacial score (nSPS) is 28.2. The highest BCUT2D eigenvalue weighted by atomic mass is 16.5. The molecule has 0 unspecified atom stereocenters. The monoisotopic (exact) mass is 222 g/mol. The van der Waals surface area contributed by atoms with Crippen LogP contribution in [0.4, 0.5) is 0 Å². The van der Waals surface area contributed by atoms with Crippen LogP contribution in [0.3, 0.4) is 0 Å². The Morgan fingerprint density at radius 3 is 2.75 bits per heavy atom. The van der Waals surface area contributed by atoms with E-state index >= 15 is 0 Å². The van der Waals surface area contributed by atoms with Crippen molar-refractivity contribution in [2.75, 3.05) is 26.2 Å². The van der Waals surface area contributed by atoms with Gasteiger partial charge in [-0.15, -0.1) is 0 Å². The average molecular weight is 222 g/mol. The van der Waals surface area contributed by atoms with Crippen LogP contribution in [0.1, 0.15) is 33.1 Å². The molecule has 0 radical (unpaired) electrons. The van der Waals surface area contributed by atoms with Gasteiger partial charge in [-0.3, -0.25) is 4.90 Å². The minimum Gasteiger partial charge on any atom is -0.378 e. The third kappa shape index (κ3) is 2.96. The Kier molecular flexibility index (Phi) is 3.51. The molecule has 90 valence electrons. The zero-order valence-electron chi connectivity index (χ0n) is 10.4. The van der Waals surface area contributed by atoms with Gasteiger partial charge in [0.2, 0.25) is 6.04 Å². The van der Waals surface area contributed by atoms with Gasteiger partial charge in [0, 0.05) is 24.9 Å². The molecular formula is C13H22N2O. The Hall–Kier alpha value is -0.590. The molecule has 1 aliphatic heterocycles. The molecule has 0 aromatic heterocycles. The summed E-state index contributed by atoms with van der Waals surface area (Å²) in [5, 5.41) is 0. The van der Waals surface area contributed by atoms with E-state index in [1.165, 1.54) is 12.8 Å². The molecule has 0 spiro atoms. The first kappa shape index (κ1) is 11.9. The molecule has 2 rings (SSSR count). The van der Waals surface area contributed by atoms with E-state index in [0.29, 0.717) is 11.5 Å². The first-order valence-electron chi connectivity index (χ1n) is 6.34. The van der Waals surface area contributed by atoms with Gasteiger partial charge in [0.1, 0.15) is 0 Å². The summed E-state index contributed by atoms with van der Waals surface area (Å²) < 4.78 is 5.75. The molecule has 2 fully saturated rings. The first-order chi connectivity index (χ1) is 7.63. The van der Waals surface area contributed by atoms with Crippen molar-refractivity contribution in [1.29, 1.82) is 0 Å². The Morgan fingerprint density at radius 1 is 1.50 bits per heavy atom. The van der Waals surface area contributed by atoms with E-state index < -0.39 is 0 Å². The summed E-state index contributed by atoms with van der Waals surface area (Å²) in [5.41, 5.74) is 0.432. The van der Waals surface area contributed by atoms with Crippen LogP contribution >= 0.6 is 0 Å². The highest BCUT2D eigenvalue weighted by Crippen LogP contribution is 2.47. The lowest BCUT2D eigenvalue weighted by molar-refractivity contribution is 0.0335. The third-order valence-electron chi connectivity index (χ3n) is 3.67. The Labute approximate surface area is 98.6 Å². The predicted molar refractivity (Wildman–Crippen MR) is 64.2 cm³/mol. The molecule has 1 heterocycles. The summed E-state index contributed by atoms with van der Waals surface area (Å²) in [5.74, 6) is 0. The van der Waals surface area contributed by atoms with Crippen molar-refractivity contribution in [3.8, 4) is 0 Å². The number of ether oxygens (including phenoxy) is 1. The summed E-state index contributed by atoms with van der Waals surface area (Å²) in [6, 6.07) is 0.252. The highest BCUT2D eigenvalue weighted by Gasteiger charge is 2.45. The van der Waals surface area contributed by atoms with Crippen LogP contribution in [0.15, 0.2) is 0 Å². The molecule has 0 amide bonds. The molecule has 16 heavy (non-hydrogen) atoms. The predicted octanol–water partition coefficient (Wildman–Crippen LogP) is 2.19. The van der Waals surface area contributed by atoms with Crippen LogP contribution in [-0.2, 0) is 4.74 Å². The Bertz CT molecular complexity index is 278. The molecule has 3 nitrogen and oxygen atoms in total. The van der Waals surface area contributed by atoms with Gasteiger partial charge in [-0.2, -0.15) is 0 Å². The first-order valence-corrected chi connectivity index (χ1v) is 6.34. The van der Waals surface area contributed by atoms with Crippen molar-refractivity contribution < 1.29 is 4.74 Å². The smallest absolute Gasteiger partial charge is 0.237 e. The molecule has 0 aromatic rings. The molecule has 2 aliphatic rings. The van der Waals surface area contributed by atoms with Gasteiger partial charge >= 0.3 is 0 Å². The fraction of sp³-hybridized carbons (Fsp3) is 0.923. The van der Waals surface area contributed by atoms with Crippen molar-refractivity contribution in [2.45, 2.75) is 45.3 Å². The van der Waals surface area contributed by atoms with E-state index in [2.05, 4.69) is 23.6 Å². The maximum Gasteiger partial charge on any atom is 0.237 e. The Balaban J connectivity index is 1.75. The maximum atomic E-state index is 7.05. The second kappa shape index (κ2) is 4.73. The zero-order chi connectivity index (χ0) is 11.6. The summed E-state index contributed by atoms with van der Waals surface area (Å²) >= 11 is 0. The molecule has 1 aliphatic carbocycles. The quantitative estimate of drug-likeness (QED) is 0.663. The van der Waals surface area contributed by atoms with Crippen LogP contribution in [0.25, 0.3) is 4.85 Å². The molecular weight excluding hydrogens is 200 g/mol. The largest absolute Gasteiger partial charge is 0.378 e. The molecule has 0 bridgehead atoms. The summed E-state index contributed by atoms with van der Waals surface area (Å²) in [6.45, 7) is 15.4. The van der Waals surface area contributed by atoms with Gasteiger partial charge in [0.15, 0.2) is 0 Å². The van der Waals surface area contributed by atoms with Crippen LogP contribution < -0.4 is 0 Å². The molecule has 0 aromatic carbocycles. The van der Waals surface area contributed by atoms with E-state index in [4.69, 9.17) is 11.3 Å². The van der Waals surface area contributed by atoms with Crippen molar-refractivity contribution in [3.63, 3.8) is 0 Å². The van der Waals surface area contributed by atoms with Crippen molar-refractivity contribution in [2.24, 2.45) is 5.41 Å². The second-order valence-electron chi connectivity index (χ2n) is 5.67. The lowest BCUT2D eigenvalue weighted by Gasteiger charge is -2.23. The van der Waals surface area contributed by atoms with Gasteiger partial charge in [-0.05, 0) is 26.7 Å². The molecule has 1 saturated carbocycles. The number of nitrogens with zero attached hydrogens (tertiary/aromatic N) is 2. The zero-order valence-corrected chi connectivity index (χ0v) is 10.4. The number of likely N-dealkylation sites (tertiary alicyclic amines) is 1. The van der Waals surface area contributed by atoms with Crippen LogP contribution in [-0.4, -0.2) is 43.3 Å². The van der Waals surface area contributed by atoms with Gasteiger partial charge in [-0.25, -0.2) is 6.57 Å². The molecule has 0 N–H and O–H groups in total. The SMILES string of the molecule is [C-]#[N+][C@H]1CCN(CC2(COC(C)C)CC2)C1. The van der Waals surface area contributed by atoms with Crippen molar-refractivity contribution in [1.82, 2.24) is 4.90 Å². The fourth-order valence-corrected chi connectivity index (χ4v) is 2.40. The number of hydrogen-bond acceptors (Lipinski definition) is 2. The highest BCUT2D eigenvalue weighted by molar-refractivity contribution is 4.99. The molecule has 3 heteroatoms. The van der Waals surface area contributed by atoms with E-state index in [-0.39, 0.29) is 6.04 Å². The van der Waals surface area contributed by atoms with E-state index in [1.807, 2.05) is 0 Å². The molecule has 1 atom stereocenters. The van der Waals surface area contributed by atoms with Gasteiger partial charge in [-0.1, -0.05) is 0 Å². The maximum absolute atomic E-state index is 7.05. The van der Waals surface area contributed by atoms with E-state index in [9.17, 15) is 0 Å². The van der Waals surface area contributed by atoms with Crippen molar-refractivity contribution >= 4 is 0 Å². The Morgan fingerprint density at radius 2 is 2.25 bits per heavy atom. The second-order valence-corrected chi connectivity index (χ2v) is 5.67. The van der Waals surface area contributed by atoms with Gasteiger partial charge in [0.25, 0.3) is 0 Å². The van der Waals surface area contributed by atoms with Crippen molar-refractivity contribution in [3.05, 3.63) is 11.4 Å². The van der Waals surface area contributed by atoms with E-state index in [0.717, 1.165) is 32.7 Å².